The highest BCUT2D eigenvalue weighted by molar-refractivity contribution is 6.05. The van der Waals surface area contributed by atoms with Gasteiger partial charge in [0.05, 0.1) is 23.8 Å². The number of piperidine rings is 1. The maximum Gasteiger partial charge on any atom is 0.412 e. The minimum absolute atomic E-state index is 0.126. The number of hydrogen-bond acceptors (Lipinski definition) is 9. The summed E-state index contributed by atoms with van der Waals surface area (Å²) in [4.78, 5) is 69.4. The molecule has 0 spiro atoms. The van der Waals surface area contributed by atoms with E-state index in [1.165, 1.54) is 25.7 Å². The van der Waals surface area contributed by atoms with E-state index in [2.05, 4.69) is 5.32 Å². The summed E-state index contributed by atoms with van der Waals surface area (Å²) in [7, 11) is 0. The highest BCUT2D eigenvalue weighted by Gasteiger charge is 2.42. The van der Waals surface area contributed by atoms with Crippen LogP contribution in [0.4, 0.5) is 10.5 Å². The molecule has 13 heteroatoms. The van der Waals surface area contributed by atoms with Gasteiger partial charge in [-0.3, -0.25) is 19.2 Å². The van der Waals surface area contributed by atoms with E-state index in [-0.39, 0.29) is 55.9 Å². The number of rotatable bonds is 11. The molecule has 13 nitrogen and oxygen atoms in total. The molecular formula is C33H50N4O9. The molecular weight excluding hydrogens is 596 g/mol. The molecule has 1 aromatic rings. The lowest BCUT2D eigenvalue weighted by Crippen LogP contribution is -2.55. The molecule has 0 bridgehead atoms. The summed E-state index contributed by atoms with van der Waals surface area (Å²) >= 11 is 0. The van der Waals surface area contributed by atoms with E-state index in [9.17, 15) is 29.1 Å². The van der Waals surface area contributed by atoms with Crippen LogP contribution in [0.1, 0.15) is 97.0 Å². The van der Waals surface area contributed by atoms with E-state index in [0.29, 0.717) is 48.4 Å². The van der Waals surface area contributed by atoms with Gasteiger partial charge >= 0.3 is 12.1 Å². The van der Waals surface area contributed by atoms with Crippen LogP contribution in [0.2, 0.25) is 0 Å². The number of esters is 1. The summed E-state index contributed by atoms with van der Waals surface area (Å²) in [5.74, 6) is -0.878. The third-order valence-corrected chi connectivity index (χ3v) is 7.91. The molecule has 1 unspecified atom stereocenters. The molecule has 256 valence electrons. The SMILES string of the molecule is CCC(=O)NCCN1C(=O)C(C)(C)Oc2cc(C)c(C(=O)N(C(C)C)[C@@H]3CCCN(C(=O)OC(C)OC(=O)CC(C)(C)O)C3)cc21. The Balaban J connectivity index is 1.81. The lowest BCUT2D eigenvalue weighted by molar-refractivity contribution is -0.170. The van der Waals surface area contributed by atoms with Crippen LogP contribution in [0, 0.1) is 6.92 Å². The number of carbonyl (C=O) groups is 5. The fourth-order valence-corrected chi connectivity index (χ4v) is 5.73. The first-order valence-electron chi connectivity index (χ1n) is 16.0. The Hall–Kier alpha value is -3.87. The Morgan fingerprint density at radius 3 is 2.46 bits per heavy atom. The fourth-order valence-electron chi connectivity index (χ4n) is 5.73. The summed E-state index contributed by atoms with van der Waals surface area (Å²) in [6.45, 7) is 16.2. The number of ether oxygens (including phenoxy) is 3. The van der Waals surface area contributed by atoms with Gasteiger partial charge in [0.2, 0.25) is 12.2 Å². The zero-order chi connectivity index (χ0) is 34.6. The molecule has 0 radical (unpaired) electrons. The first-order valence-corrected chi connectivity index (χ1v) is 16.0. The second-order valence-corrected chi connectivity index (χ2v) is 13.4. The number of aliphatic hydroxyl groups is 1. The van der Waals surface area contributed by atoms with Gasteiger partial charge in [0.1, 0.15) is 5.75 Å². The Morgan fingerprint density at radius 1 is 1.17 bits per heavy atom. The second-order valence-electron chi connectivity index (χ2n) is 13.4. The molecule has 4 amide bonds. The van der Waals surface area contributed by atoms with E-state index >= 15 is 0 Å². The predicted molar refractivity (Wildman–Crippen MR) is 170 cm³/mol. The van der Waals surface area contributed by atoms with Crippen LogP contribution in [0.15, 0.2) is 12.1 Å². The third-order valence-electron chi connectivity index (χ3n) is 7.91. The van der Waals surface area contributed by atoms with Crippen molar-refractivity contribution in [1.82, 2.24) is 15.1 Å². The van der Waals surface area contributed by atoms with Crippen molar-refractivity contribution in [3.63, 3.8) is 0 Å². The molecule has 2 aliphatic rings. The van der Waals surface area contributed by atoms with E-state index in [1.807, 2.05) is 20.8 Å². The van der Waals surface area contributed by atoms with Crippen molar-refractivity contribution >= 4 is 35.5 Å². The average molecular weight is 647 g/mol. The fraction of sp³-hybridized carbons (Fsp3) is 0.667. The van der Waals surface area contributed by atoms with Crippen molar-refractivity contribution in [3.8, 4) is 5.75 Å². The molecule has 3 rings (SSSR count). The molecule has 2 atom stereocenters. The molecule has 2 aliphatic heterocycles. The molecule has 0 aromatic heterocycles. The van der Waals surface area contributed by atoms with Gasteiger partial charge in [-0.05, 0) is 79.0 Å². The normalized spacial score (nSPS) is 18.3. The van der Waals surface area contributed by atoms with Gasteiger partial charge in [-0.25, -0.2) is 4.79 Å². The first kappa shape index (κ1) is 36.6. The lowest BCUT2D eigenvalue weighted by atomic mass is 9.97. The number of nitrogens with zero attached hydrogens (tertiary/aromatic N) is 3. The average Bonchev–Trinajstić information content (AvgIpc) is 2.93. The number of likely N-dealkylation sites (tertiary alicyclic amines) is 1. The number of anilines is 1. The molecule has 2 heterocycles. The number of nitrogens with one attached hydrogen (secondary N) is 1. The van der Waals surface area contributed by atoms with Gasteiger partial charge < -0.3 is 39.3 Å². The quantitative estimate of drug-likeness (QED) is 0.271. The number of benzene rings is 1. The molecule has 1 aromatic carbocycles. The summed E-state index contributed by atoms with van der Waals surface area (Å²) in [5.41, 5.74) is -0.858. The van der Waals surface area contributed by atoms with Gasteiger partial charge in [0, 0.05) is 51.1 Å². The molecule has 46 heavy (non-hydrogen) atoms. The monoisotopic (exact) mass is 646 g/mol. The summed E-state index contributed by atoms with van der Waals surface area (Å²) < 4.78 is 16.6. The Bertz CT molecular complexity index is 1320. The predicted octanol–water partition coefficient (Wildman–Crippen LogP) is 3.53. The van der Waals surface area contributed by atoms with Gasteiger partial charge in [-0.15, -0.1) is 0 Å². The van der Waals surface area contributed by atoms with E-state index in [4.69, 9.17) is 14.2 Å². The first-order chi connectivity index (χ1) is 21.3. The number of hydrogen-bond donors (Lipinski definition) is 2. The van der Waals surface area contributed by atoms with Crippen LogP contribution in [-0.2, 0) is 23.9 Å². The third kappa shape index (κ3) is 9.11. The molecule has 0 saturated carbocycles. The minimum atomic E-state index is -1.26. The highest BCUT2D eigenvalue weighted by Crippen LogP contribution is 2.40. The van der Waals surface area contributed by atoms with E-state index < -0.39 is 29.6 Å². The van der Waals surface area contributed by atoms with Crippen molar-refractivity contribution in [2.75, 3.05) is 31.1 Å². The molecule has 0 aliphatic carbocycles. The van der Waals surface area contributed by atoms with Gasteiger partial charge in [-0.1, -0.05) is 6.92 Å². The molecule has 1 fully saturated rings. The summed E-state index contributed by atoms with van der Waals surface area (Å²) in [5, 5.41) is 12.6. The van der Waals surface area contributed by atoms with E-state index in [1.54, 1.807) is 42.7 Å². The summed E-state index contributed by atoms with van der Waals surface area (Å²) in [6, 6.07) is 2.89. The number of fused-ring (bicyclic) bond motifs is 1. The molecule has 1 saturated heterocycles. The van der Waals surface area contributed by atoms with Crippen molar-refractivity contribution < 1.29 is 43.3 Å². The largest absolute Gasteiger partial charge is 0.476 e. The highest BCUT2D eigenvalue weighted by atomic mass is 16.7. The van der Waals surface area contributed by atoms with Crippen LogP contribution < -0.4 is 15.0 Å². The van der Waals surface area contributed by atoms with E-state index in [0.717, 1.165) is 0 Å². The van der Waals surface area contributed by atoms with Gasteiger partial charge in [-0.2, -0.15) is 0 Å². The topological polar surface area (TPSA) is 155 Å². The number of amides is 4. The minimum Gasteiger partial charge on any atom is -0.476 e. The Labute approximate surface area is 271 Å². The van der Waals surface area contributed by atoms with Crippen LogP contribution in [-0.4, -0.2) is 100 Å². The summed E-state index contributed by atoms with van der Waals surface area (Å²) in [6.07, 6.45) is -0.461. The lowest BCUT2D eigenvalue weighted by Gasteiger charge is -2.42. The van der Waals surface area contributed by atoms with Crippen molar-refractivity contribution in [2.24, 2.45) is 0 Å². The zero-order valence-electron chi connectivity index (χ0n) is 28.6. The van der Waals surface area contributed by atoms with Gasteiger partial charge in [0.25, 0.3) is 11.8 Å². The smallest absolute Gasteiger partial charge is 0.412 e. The van der Waals surface area contributed by atoms with Crippen LogP contribution in [0.25, 0.3) is 0 Å². The van der Waals surface area contributed by atoms with Crippen molar-refractivity contribution in [3.05, 3.63) is 23.3 Å². The zero-order valence-corrected chi connectivity index (χ0v) is 28.6. The van der Waals surface area contributed by atoms with Crippen molar-refractivity contribution in [2.45, 2.75) is 118 Å². The standard InChI is InChI=1S/C33H50N4O9/c1-10-27(38)34-13-15-36-25-17-24(21(4)16-26(25)46-33(8,9)30(36)41)29(40)37(20(2)3)23-12-11-14-35(19-23)31(42)45-22(5)44-28(39)18-32(6,7)43/h16-17,20,22-23,43H,10-15,18-19H2,1-9H3,(H,34,38)/t22?,23-/m1/s1. The maximum absolute atomic E-state index is 14.3. The van der Waals surface area contributed by atoms with Crippen LogP contribution in [0.5, 0.6) is 5.75 Å². The number of aryl methyl sites for hydroxylation is 1. The number of carbonyl (C=O) groups excluding carboxylic acids is 5. The van der Waals surface area contributed by atoms with Crippen LogP contribution in [0.3, 0.4) is 0 Å². The maximum atomic E-state index is 14.3. The van der Waals surface area contributed by atoms with Crippen molar-refractivity contribution in [1.29, 1.82) is 0 Å². The molecule has 2 N–H and O–H groups in total. The van der Waals surface area contributed by atoms with Crippen LogP contribution >= 0.6 is 0 Å². The van der Waals surface area contributed by atoms with Gasteiger partial charge in [0.15, 0.2) is 5.60 Å². The Morgan fingerprint density at radius 2 is 1.85 bits per heavy atom. The Kier molecular flexibility index (Phi) is 11.7. The second kappa shape index (κ2) is 14.7.